The molecule has 2 N–H and O–H groups in total. The fourth-order valence-corrected chi connectivity index (χ4v) is 3.48. The van der Waals surface area contributed by atoms with Crippen molar-refractivity contribution in [2.24, 2.45) is 0 Å². The molecular weight excluding hydrogens is 294 g/mol. The normalized spacial score (nSPS) is 24.3. The molecule has 23 heavy (non-hydrogen) atoms. The van der Waals surface area contributed by atoms with Crippen LogP contribution < -0.4 is 5.32 Å². The van der Waals surface area contributed by atoms with Crippen LogP contribution in [0.1, 0.15) is 12.0 Å². The third-order valence-corrected chi connectivity index (χ3v) is 4.69. The van der Waals surface area contributed by atoms with E-state index < -0.39 is 0 Å². The van der Waals surface area contributed by atoms with Gasteiger partial charge >= 0.3 is 0 Å². The Morgan fingerprint density at radius 2 is 2.22 bits per heavy atom. The SMILES string of the molecule is O=C1CO[C@@H]2CCN(C(=O)Cc3c[nH]c4ccccc34)C[C@@H]2N1. The van der Waals surface area contributed by atoms with Crippen molar-refractivity contribution >= 4 is 22.7 Å². The van der Waals surface area contributed by atoms with Gasteiger partial charge in [-0.2, -0.15) is 0 Å². The number of carbonyl (C=O) groups excluding carboxylic acids is 2. The summed E-state index contributed by atoms with van der Waals surface area (Å²) in [6, 6.07) is 7.89. The van der Waals surface area contributed by atoms with Crippen molar-refractivity contribution in [1.82, 2.24) is 15.2 Å². The number of morpholine rings is 1. The fraction of sp³-hybridized carbons (Fsp3) is 0.412. The zero-order valence-electron chi connectivity index (χ0n) is 12.7. The Labute approximate surface area is 133 Å². The van der Waals surface area contributed by atoms with E-state index >= 15 is 0 Å². The Hall–Kier alpha value is -2.34. The van der Waals surface area contributed by atoms with Crippen LogP contribution in [0, 0.1) is 0 Å². The zero-order chi connectivity index (χ0) is 15.8. The van der Waals surface area contributed by atoms with Crippen molar-refractivity contribution in [1.29, 1.82) is 0 Å². The van der Waals surface area contributed by atoms with Gasteiger partial charge in [0.25, 0.3) is 0 Å². The molecule has 4 rings (SSSR count). The highest BCUT2D eigenvalue weighted by Gasteiger charge is 2.36. The summed E-state index contributed by atoms with van der Waals surface area (Å²) >= 11 is 0. The van der Waals surface area contributed by atoms with Gasteiger partial charge < -0.3 is 19.9 Å². The minimum atomic E-state index is -0.0998. The summed E-state index contributed by atoms with van der Waals surface area (Å²) in [5.41, 5.74) is 2.05. The van der Waals surface area contributed by atoms with Crippen molar-refractivity contribution in [2.45, 2.75) is 25.0 Å². The number of piperidine rings is 1. The van der Waals surface area contributed by atoms with Gasteiger partial charge in [-0.05, 0) is 18.1 Å². The maximum atomic E-state index is 12.6. The Kier molecular flexibility index (Phi) is 3.53. The second kappa shape index (κ2) is 5.70. The van der Waals surface area contributed by atoms with Crippen molar-refractivity contribution in [3.63, 3.8) is 0 Å². The van der Waals surface area contributed by atoms with Crippen LogP contribution in [0.3, 0.4) is 0 Å². The Balaban J connectivity index is 1.46. The number of nitrogens with one attached hydrogen (secondary N) is 2. The molecule has 0 unspecified atom stereocenters. The van der Waals surface area contributed by atoms with E-state index in [2.05, 4.69) is 10.3 Å². The van der Waals surface area contributed by atoms with E-state index in [1.54, 1.807) is 0 Å². The molecule has 0 saturated carbocycles. The Bertz CT molecular complexity index is 754. The molecule has 2 aliphatic rings. The minimum absolute atomic E-state index is 0.0323. The van der Waals surface area contributed by atoms with Crippen LogP contribution in [-0.4, -0.2) is 53.5 Å². The fourth-order valence-electron chi connectivity index (χ4n) is 3.48. The van der Waals surface area contributed by atoms with Gasteiger partial charge in [0, 0.05) is 30.2 Å². The molecule has 2 amide bonds. The van der Waals surface area contributed by atoms with Gasteiger partial charge in [0.05, 0.1) is 18.6 Å². The van der Waals surface area contributed by atoms with E-state index in [1.165, 1.54) is 0 Å². The summed E-state index contributed by atoms with van der Waals surface area (Å²) < 4.78 is 5.53. The number of para-hydroxylation sites is 1. The third-order valence-electron chi connectivity index (χ3n) is 4.69. The summed E-state index contributed by atoms with van der Waals surface area (Å²) in [5, 5.41) is 4.02. The number of nitrogens with zero attached hydrogens (tertiary/aromatic N) is 1. The standard InChI is InChI=1S/C17H19N3O3/c21-16-10-23-15-5-6-20(9-14(15)19-16)17(22)7-11-8-18-13-4-2-1-3-12(11)13/h1-4,8,14-15,18H,5-7,9-10H2,(H,19,21)/t14-,15+/m0/s1. The van der Waals surface area contributed by atoms with E-state index in [9.17, 15) is 9.59 Å². The molecule has 0 aliphatic carbocycles. The molecule has 3 heterocycles. The number of aromatic amines is 1. The van der Waals surface area contributed by atoms with E-state index in [4.69, 9.17) is 4.74 Å². The van der Waals surface area contributed by atoms with Gasteiger partial charge in [-0.3, -0.25) is 9.59 Å². The number of ether oxygens (including phenoxy) is 1. The van der Waals surface area contributed by atoms with Gasteiger partial charge in [0.1, 0.15) is 6.61 Å². The summed E-state index contributed by atoms with van der Waals surface area (Å²) in [7, 11) is 0. The largest absolute Gasteiger partial charge is 0.366 e. The zero-order valence-corrected chi connectivity index (χ0v) is 12.7. The summed E-state index contributed by atoms with van der Waals surface area (Å²) in [6.07, 6.45) is 3.08. The summed E-state index contributed by atoms with van der Waals surface area (Å²) in [4.78, 5) is 29.1. The molecule has 2 aliphatic heterocycles. The van der Waals surface area contributed by atoms with Crippen LogP contribution >= 0.6 is 0 Å². The van der Waals surface area contributed by atoms with E-state index in [0.29, 0.717) is 19.5 Å². The molecule has 0 spiro atoms. The first kappa shape index (κ1) is 14.3. The molecule has 1 aromatic carbocycles. The number of rotatable bonds is 2. The number of fused-ring (bicyclic) bond motifs is 2. The maximum absolute atomic E-state index is 12.6. The number of likely N-dealkylation sites (tertiary alicyclic amines) is 1. The van der Waals surface area contributed by atoms with Gasteiger partial charge in [0.15, 0.2) is 0 Å². The van der Waals surface area contributed by atoms with E-state index in [0.717, 1.165) is 22.9 Å². The van der Waals surface area contributed by atoms with Crippen LogP contribution in [0.25, 0.3) is 10.9 Å². The second-order valence-corrected chi connectivity index (χ2v) is 6.19. The molecule has 0 bridgehead atoms. The highest BCUT2D eigenvalue weighted by molar-refractivity contribution is 5.89. The number of hydrogen-bond acceptors (Lipinski definition) is 3. The van der Waals surface area contributed by atoms with E-state index in [1.807, 2.05) is 35.4 Å². The average Bonchev–Trinajstić information content (AvgIpc) is 2.97. The number of aromatic nitrogens is 1. The molecule has 120 valence electrons. The lowest BCUT2D eigenvalue weighted by atomic mass is 9.99. The predicted molar refractivity (Wildman–Crippen MR) is 84.9 cm³/mol. The van der Waals surface area contributed by atoms with Crippen LogP contribution in [-0.2, 0) is 20.7 Å². The molecule has 0 radical (unpaired) electrons. The molecule has 6 nitrogen and oxygen atoms in total. The van der Waals surface area contributed by atoms with Crippen molar-refractivity contribution in [2.75, 3.05) is 19.7 Å². The molecule has 2 aromatic rings. The first-order valence-corrected chi connectivity index (χ1v) is 7.94. The van der Waals surface area contributed by atoms with Crippen LogP contribution in [0.2, 0.25) is 0 Å². The molecule has 1 aromatic heterocycles. The molecule has 2 fully saturated rings. The quantitative estimate of drug-likeness (QED) is 0.862. The average molecular weight is 313 g/mol. The first-order valence-electron chi connectivity index (χ1n) is 7.94. The maximum Gasteiger partial charge on any atom is 0.246 e. The number of H-pyrrole nitrogens is 1. The monoisotopic (exact) mass is 313 g/mol. The topological polar surface area (TPSA) is 74.4 Å². The van der Waals surface area contributed by atoms with Gasteiger partial charge in [-0.15, -0.1) is 0 Å². The lowest BCUT2D eigenvalue weighted by Crippen LogP contribution is -2.61. The molecule has 2 saturated heterocycles. The number of hydrogen-bond donors (Lipinski definition) is 2. The van der Waals surface area contributed by atoms with Gasteiger partial charge in [-0.1, -0.05) is 18.2 Å². The summed E-state index contributed by atoms with van der Waals surface area (Å²) in [6.45, 7) is 1.33. The van der Waals surface area contributed by atoms with Crippen molar-refractivity contribution < 1.29 is 14.3 Å². The predicted octanol–water partition coefficient (Wildman–Crippen LogP) is 0.826. The van der Waals surface area contributed by atoms with Crippen LogP contribution in [0.15, 0.2) is 30.5 Å². The minimum Gasteiger partial charge on any atom is -0.366 e. The highest BCUT2D eigenvalue weighted by atomic mass is 16.5. The van der Waals surface area contributed by atoms with Gasteiger partial charge in [-0.25, -0.2) is 0 Å². The van der Waals surface area contributed by atoms with Crippen molar-refractivity contribution in [3.05, 3.63) is 36.0 Å². The first-order chi connectivity index (χ1) is 11.2. The van der Waals surface area contributed by atoms with Crippen LogP contribution in [0.5, 0.6) is 0 Å². The smallest absolute Gasteiger partial charge is 0.246 e. The molecule has 6 heteroatoms. The molecular formula is C17H19N3O3. The number of amides is 2. The number of benzene rings is 1. The van der Waals surface area contributed by atoms with Crippen molar-refractivity contribution in [3.8, 4) is 0 Å². The number of carbonyl (C=O) groups is 2. The summed E-state index contributed by atoms with van der Waals surface area (Å²) in [5.74, 6) is -0.00907. The van der Waals surface area contributed by atoms with E-state index in [-0.39, 0.29) is 30.6 Å². The van der Waals surface area contributed by atoms with Crippen LogP contribution in [0.4, 0.5) is 0 Å². The third kappa shape index (κ3) is 2.70. The molecule has 2 atom stereocenters. The highest BCUT2D eigenvalue weighted by Crippen LogP contribution is 2.21. The lowest BCUT2D eigenvalue weighted by Gasteiger charge is -2.41. The Morgan fingerprint density at radius 1 is 1.35 bits per heavy atom. The second-order valence-electron chi connectivity index (χ2n) is 6.19. The Morgan fingerprint density at radius 3 is 3.13 bits per heavy atom. The lowest BCUT2D eigenvalue weighted by molar-refractivity contribution is -0.146. The van der Waals surface area contributed by atoms with Gasteiger partial charge in [0.2, 0.25) is 11.8 Å².